The molecule has 5 nitrogen and oxygen atoms in total. The molecule has 17 heavy (non-hydrogen) atoms. The monoisotopic (exact) mass is 238 g/mol. The number of carbonyl (C=O) groups excluding carboxylic acids is 1. The van der Waals surface area contributed by atoms with Crippen LogP contribution >= 0.6 is 0 Å². The van der Waals surface area contributed by atoms with Crippen LogP contribution < -0.4 is 5.73 Å². The standard InChI is InChI=1S/C12H18N2O3/c1-17-9-7-14(6-8-15)12(16)10-4-2-3-5-11(10)13/h2-5,15H,6-9,13H2,1H3. The van der Waals surface area contributed by atoms with Crippen LogP contribution in [-0.4, -0.2) is 49.3 Å². The fourth-order valence-corrected chi connectivity index (χ4v) is 1.50. The molecule has 0 fully saturated rings. The summed E-state index contributed by atoms with van der Waals surface area (Å²) in [7, 11) is 1.57. The van der Waals surface area contributed by atoms with Crippen LogP contribution in [0, 0.1) is 0 Å². The SMILES string of the molecule is COCCN(CCO)C(=O)c1ccccc1N. The Labute approximate surface area is 101 Å². The van der Waals surface area contributed by atoms with Crippen LogP contribution in [0.25, 0.3) is 0 Å². The van der Waals surface area contributed by atoms with Crippen molar-refractivity contribution in [2.24, 2.45) is 0 Å². The highest BCUT2D eigenvalue weighted by Gasteiger charge is 2.16. The highest BCUT2D eigenvalue weighted by Crippen LogP contribution is 2.13. The first kappa shape index (κ1) is 13.5. The number of nitrogen functional groups attached to an aromatic ring is 1. The number of para-hydroxylation sites is 1. The van der Waals surface area contributed by atoms with Gasteiger partial charge in [0, 0.05) is 25.9 Å². The first-order valence-corrected chi connectivity index (χ1v) is 5.44. The first-order valence-electron chi connectivity index (χ1n) is 5.44. The summed E-state index contributed by atoms with van der Waals surface area (Å²) < 4.78 is 4.93. The summed E-state index contributed by atoms with van der Waals surface area (Å²) in [6, 6.07) is 6.89. The lowest BCUT2D eigenvalue weighted by molar-refractivity contribution is 0.0657. The Morgan fingerprint density at radius 3 is 2.71 bits per heavy atom. The maximum atomic E-state index is 12.1. The van der Waals surface area contributed by atoms with E-state index in [1.807, 2.05) is 0 Å². The summed E-state index contributed by atoms with van der Waals surface area (Å²) in [4.78, 5) is 13.7. The summed E-state index contributed by atoms with van der Waals surface area (Å²) in [6.07, 6.45) is 0. The molecule has 1 aromatic carbocycles. The lowest BCUT2D eigenvalue weighted by Crippen LogP contribution is -2.36. The van der Waals surface area contributed by atoms with E-state index in [0.29, 0.717) is 24.4 Å². The Morgan fingerprint density at radius 1 is 1.41 bits per heavy atom. The van der Waals surface area contributed by atoms with Crippen molar-refractivity contribution in [3.8, 4) is 0 Å². The molecule has 3 N–H and O–H groups in total. The van der Waals surface area contributed by atoms with E-state index in [-0.39, 0.29) is 19.1 Å². The van der Waals surface area contributed by atoms with Crippen molar-refractivity contribution in [2.75, 3.05) is 39.1 Å². The number of hydrogen-bond acceptors (Lipinski definition) is 4. The minimum atomic E-state index is -0.186. The van der Waals surface area contributed by atoms with Gasteiger partial charge in [-0.2, -0.15) is 0 Å². The van der Waals surface area contributed by atoms with Gasteiger partial charge >= 0.3 is 0 Å². The molecule has 5 heteroatoms. The van der Waals surface area contributed by atoms with E-state index in [1.165, 1.54) is 4.90 Å². The van der Waals surface area contributed by atoms with Crippen molar-refractivity contribution >= 4 is 11.6 Å². The maximum Gasteiger partial charge on any atom is 0.256 e. The molecule has 0 unspecified atom stereocenters. The van der Waals surface area contributed by atoms with Crippen molar-refractivity contribution in [1.82, 2.24) is 4.90 Å². The van der Waals surface area contributed by atoms with Crippen LogP contribution in [0.5, 0.6) is 0 Å². The number of ether oxygens (including phenoxy) is 1. The Balaban J connectivity index is 2.80. The Kier molecular flexibility index (Phi) is 5.45. The van der Waals surface area contributed by atoms with E-state index in [4.69, 9.17) is 15.6 Å². The summed E-state index contributed by atoms with van der Waals surface area (Å²) >= 11 is 0. The van der Waals surface area contributed by atoms with Crippen molar-refractivity contribution in [1.29, 1.82) is 0 Å². The van der Waals surface area contributed by atoms with Crippen LogP contribution in [0.4, 0.5) is 5.69 Å². The van der Waals surface area contributed by atoms with Gasteiger partial charge in [-0.15, -0.1) is 0 Å². The molecule has 0 spiro atoms. The van der Waals surface area contributed by atoms with Gasteiger partial charge in [-0.1, -0.05) is 12.1 Å². The number of rotatable bonds is 6. The highest BCUT2D eigenvalue weighted by molar-refractivity contribution is 5.99. The number of methoxy groups -OCH3 is 1. The van der Waals surface area contributed by atoms with Gasteiger partial charge in [0.2, 0.25) is 0 Å². The topological polar surface area (TPSA) is 75.8 Å². The Bertz CT molecular complexity index is 369. The third-order valence-electron chi connectivity index (χ3n) is 2.41. The second-order valence-corrected chi connectivity index (χ2v) is 3.60. The fourth-order valence-electron chi connectivity index (χ4n) is 1.50. The van der Waals surface area contributed by atoms with Crippen LogP contribution in [0.2, 0.25) is 0 Å². The molecule has 0 aliphatic carbocycles. The lowest BCUT2D eigenvalue weighted by atomic mass is 10.1. The average Bonchev–Trinajstić information content (AvgIpc) is 2.34. The van der Waals surface area contributed by atoms with E-state index in [2.05, 4.69) is 0 Å². The summed E-state index contributed by atoms with van der Waals surface area (Å²) in [5.74, 6) is -0.186. The van der Waals surface area contributed by atoms with Gasteiger partial charge in [-0.25, -0.2) is 0 Å². The van der Waals surface area contributed by atoms with Gasteiger partial charge in [0.05, 0.1) is 18.8 Å². The van der Waals surface area contributed by atoms with Crippen LogP contribution in [-0.2, 0) is 4.74 Å². The summed E-state index contributed by atoms with van der Waals surface area (Å²) in [5.41, 5.74) is 6.64. The third kappa shape index (κ3) is 3.72. The van der Waals surface area contributed by atoms with E-state index in [0.717, 1.165) is 0 Å². The zero-order valence-corrected chi connectivity index (χ0v) is 9.93. The highest BCUT2D eigenvalue weighted by atomic mass is 16.5. The molecule has 1 aromatic rings. The number of benzene rings is 1. The molecule has 0 radical (unpaired) electrons. The molecule has 0 aliphatic heterocycles. The molecule has 0 aliphatic rings. The normalized spacial score (nSPS) is 10.2. The predicted molar refractivity (Wildman–Crippen MR) is 65.7 cm³/mol. The smallest absolute Gasteiger partial charge is 0.256 e. The Morgan fingerprint density at radius 2 is 2.12 bits per heavy atom. The van der Waals surface area contributed by atoms with E-state index >= 15 is 0 Å². The van der Waals surface area contributed by atoms with E-state index < -0.39 is 0 Å². The minimum absolute atomic E-state index is 0.0812. The van der Waals surface area contributed by atoms with Crippen molar-refractivity contribution in [3.63, 3.8) is 0 Å². The van der Waals surface area contributed by atoms with Crippen LogP contribution in [0.1, 0.15) is 10.4 Å². The van der Waals surface area contributed by atoms with E-state index in [1.54, 1.807) is 31.4 Å². The van der Waals surface area contributed by atoms with Crippen LogP contribution in [0.3, 0.4) is 0 Å². The number of nitrogens with two attached hydrogens (primary N) is 1. The van der Waals surface area contributed by atoms with Crippen molar-refractivity contribution in [2.45, 2.75) is 0 Å². The first-order chi connectivity index (χ1) is 8.20. The average molecular weight is 238 g/mol. The number of hydrogen-bond donors (Lipinski definition) is 2. The number of nitrogens with zero attached hydrogens (tertiary/aromatic N) is 1. The third-order valence-corrected chi connectivity index (χ3v) is 2.41. The molecule has 1 amide bonds. The molecular formula is C12H18N2O3. The molecule has 94 valence electrons. The molecule has 0 aromatic heterocycles. The number of aliphatic hydroxyl groups is 1. The predicted octanol–water partition coefficient (Wildman–Crippen LogP) is 0.350. The van der Waals surface area contributed by atoms with E-state index in [9.17, 15) is 4.79 Å². The quantitative estimate of drug-likeness (QED) is 0.701. The van der Waals surface area contributed by atoms with Crippen LogP contribution in [0.15, 0.2) is 24.3 Å². The number of anilines is 1. The van der Waals surface area contributed by atoms with Crippen molar-refractivity contribution < 1.29 is 14.6 Å². The molecule has 0 saturated heterocycles. The summed E-state index contributed by atoms with van der Waals surface area (Å²) in [6.45, 7) is 1.06. The fraction of sp³-hybridized carbons (Fsp3) is 0.417. The van der Waals surface area contributed by atoms with Gasteiger partial charge in [0.1, 0.15) is 0 Å². The molecule has 1 rings (SSSR count). The molecule has 0 heterocycles. The largest absolute Gasteiger partial charge is 0.398 e. The molecule has 0 atom stereocenters. The van der Waals surface area contributed by atoms with Gasteiger partial charge in [0.15, 0.2) is 0 Å². The minimum Gasteiger partial charge on any atom is -0.398 e. The van der Waals surface area contributed by atoms with Gasteiger partial charge in [0.25, 0.3) is 5.91 Å². The number of aliphatic hydroxyl groups excluding tert-OH is 1. The molecule has 0 bridgehead atoms. The zero-order valence-electron chi connectivity index (χ0n) is 9.93. The second-order valence-electron chi connectivity index (χ2n) is 3.60. The lowest BCUT2D eigenvalue weighted by Gasteiger charge is -2.22. The maximum absolute atomic E-state index is 12.1. The summed E-state index contributed by atoms with van der Waals surface area (Å²) in [5, 5.41) is 8.94. The number of carbonyl (C=O) groups is 1. The van der Waals surface area contributed by atoms with Gasteiger partial charge in [-0.3, -0.25) is 4.79 Å². The van der Waals surface area contributed by atoms with Crippen molar-refractivity contribution in [3.05, 3.63) is 29.8 Å². The van der Waals surface area contributed by atoms with Gasteiger partial charge in [-0.05, 0) is 12.1 Å². The Hall–Kier alpha value is -1.59. The second kappa shape index (κ2) is 6.88. The zero-order chi connectivity index (χ0) is 12.7. The molecule has 0 saturated carbocycles. The van der Waals surface area contributed by atoms with Gasteiger partial charge < -0.3 is 20.5 Å². The molecular weight excluding hydrogens is 220 g/mol. The number of amides is 1.